The Morgan fingerprint density at radius 2 is 1.92 bits per heavy atom. The molecule has 1 aromatic carbocycles. The third-order valence-corrected chi connectivity index (χ3v) is 2.48. The maximum absolute atomic E-state index is 5.69. The van der Waals surface area contributed by atoms with Gasteiger partial charge in [0.2, 0.25) is 0 Å². The van der Waals surface area contributed by atoms with E-state index in [-0.39, 0.29) is 23.1 Å². The van der Waals surface area contributed by atoms with Crippen LogP contribution in [0.15, 0.2) is 34.9 Å². The van der Waals surface area contributed by atoms with E-state index in [0.29, 0.717) is 5.82 Å². The molecule has 13 heavy (non-hydrogen) atoms. The van der Waals surface area contributed by atoms with Crippen LogP contribution in [0.5, 0.6) is 0 Å². The molecule has 0 spiro atoms. The van der Waals surface area contributed by atoms with E-state index in [1.54, 1.807) is 6.20 Å². The van der Waals surface area contributed by atoms with Crippen molar-refractivity contribution in [2.24, 2.45) is 0 Å². The number of nitrogens with zero attached hydrogens (tertiary/aromatic N) is 1. The summed E-state index contributed by atoms with van der Waals surface area (Å²) in [6.45, 7) is 0. The average molecular weight is 247 g/mol. The quantitative estimate of drug-likeness (QED) is 0.725. The number of hydrogen-bond donors (Lipinski definition) is 1. The maximum Gasteiger partial charge on any atom is 0.131 e. The van der Waals surface area contributed by atoms with E-state index in [1.165, 1.54) is 0 Å². The molecule has 0 unspecified atom stereocenters. The van der Waals surface area contributed by atoms with Gasteiger partial charge in [0.25, 0.3) is 0 Å². The smallest absolute Gasteiger partial charge is 0.131 e. The summed E-state index contributed by atoms with van der Waals surface area (Å²) in [6.07, 6.45) is 1.71. The molecule has 0 fully saturated rings. The number of halogens is 1. The van der Waals surface area contributed by atoms with Gasteiger partial charge in [-0.2, -0.15) is 0 Å². The van der Waals surface area contributed by atoms with Gasteiger partial charge >= 0.3 is 0 Å². The number of nitrogens with two attached hydrogens (primary N) is 1. The first-order chi connectivity index (χ1) is 5.79. The Hall–Kier alpha value is -0.324. The molecule has 2 nitrogen and oxygen atoms in total. The monoisotopic (exact) mass is 246 g/mol. The standard InChI is InChI=1S/C9H7BrN2.Mg/c10-8-3-1-2-7-6(8)4-5-12-9(7)11;/h1-5H,(H2,11,12);. The molecule has 62 valence electrons. The first-order valence-corrected chi connectivity index (χ1v) is 4.37. The Morgan fingerprint density at radius 1 is 1.15 bits per heavy atom. The molecule has 0 saturated heterocycles. The molecule has 2 rings (SSSR count). The lowest BCUT2D eigenvalue weighted by atomic mass is 10.2. The Balaban J connectivity index is 0.000000845. The van der Waals surface area contributed by atoms with Crippen molar-refractivity contribution in [2.75, 3.05) is 5.73 Å². The molecule has 2 aromatic rings. The highest BCUT2D eigenvalue weighted by Crippen LogP contribution is 2.25. The van der Waals surface area contributed by atoms with Crippen LogP contribution in [-0.4, -0.2) is 28.0 Å². The van der Waals surface area contributed by atoms with Crippen molar-refractivity contribution in [2.45, 2.75) is 0 Å². The summed E-state index contributed by atoms with van der Waals surface area (Å²) in [5.41, 5.74) is 5.69. The van der Waals surface area contributed by atoms with Crippen LogP contribution < -0.4 is 5.73 Å². The van der Waals surface area contributed by atoms with Crippen molar-refractivity contribution in [3.63, 3.8) is 0 Å². The van der Waals surface area contributed by atoms with E-state index in [4.69, 9.17) is 5.73 Å². The van der Waals surface area contributed by atoms with Gasteiger partial charge in [0.05, 0.1) is 0 Å². The van der Waals surface area contributed by atoms with Crippen LogP contribution in [0, 0.1) is 0 Å². The fraction of sp³-hybridized carbons (Fsp3) is 0. The number of aromatic nitrogens is 1. The summed E-state index contributed by atoms with van der Waals surface area (Å²) in [6, 6.07) is 7.84. The predicted molar refractivity (Wildman–Crippen MR) is 59.6 cm³/mol. The van der Waals surface area contributed by atoms with Crippen molar-refractivity contribution < 1.29 is 0 Å². The van der Waals surface area contributed by atoms with Gasteiger partial charge in [-0.1, -0.05) is 28.1 Å². The summed E-state index contributed by atoms with van der Waals surface area (Å²) in [7, 11) is 0. The lowest BCUT2D eigenvalue weighted by Crippen LogP contribution is -1.90. The normalized spacial score (nSPS) is 9.62. The largest absolute Gasteiger partial charge is 0.383 e. The number of rotatable bonds is 0. The van der Waals surface area contributed by atoms with E-state index in [2.05, 4.69) is 20.9 Å². The minimum absolute atomic E-state index is 0. The minimum Gasteiger partial charge on any atom is -0.383 e. The van der Waals surface area contributed by atoms with Crippen LogP contribution in [-0.2, 0) is 0 Å². The zero-order chi connectivity index (χ0) is 8.55. The lowest BCUT2D eigenvalue weighted by molar-refractivity contribution is 1.37. The van der Waals surface area contributed by atoms with Crippen molar-refractivity contribution in [1.82, 2.24) is 4.98 Å². The number of anilines is 1. The number of hydrogen-bond acceptors (Lipinski definition) is 2. The molecule has 2 radical (unpaired) electrons. The highest BCUT2D eigenvalue weighted by atomic mass is 79.9. The topological polar surface area (TPSA) is 38.9 Å². The molecule has 0 amide bonds. The van der Waals surface area contributed by atoms with Gasteiger partial charge < -0.3 is 5.73 Å². The molecule has 0 bridgehead atoms. The van der Waals surface area contributed by atoms with Crippen LogP contribution in [0.4, 0.5) is 5.82 Å². The molecule has 1 aromatic heterocycles. The van der Waals surface area contributed by atoms with Crippen LogP contribution >= 0.6 is 15.9 Å². The SMILES string of the molecule is Nc1nccc2c(Br)cccc12.[Mg]. The second-order valence-electron chi connectivity index (χ2n) is 2.53. The molecule has 0 aliphatic rings. The van der Waals surface area contributed by atoms with Crippen LogP contribution in [0.3, 0.4) is 0 Å². The highest BCUT2D eigenvalue weighted by molar-refractivity contribution is 9.10. The van der Waals surface area contributed by atoms with Crippen molar-refractivity contribution in [3.05, 3.63) is 34.9 Å². The van der Waals surface area contributed by atoms with Crippen LogP contribution in [0.2, 0.25) is 0 Å². The molecule has 0 aliphatic heterocycles. The van der Waals surface area contributed by atoms with Gasteiger partial charge in [0, 0.05) is 44.5 Å². The Morgan fingerprint density at radius 3 is 2.62 bits per heavy atom. The molecule has 0 saturated carbocycles. The molecule has 2 N–H and O–H groups in total. The first kappa shape index (κ1) is 10.8. The van der Waals surface area contributed by atoms with E-state index in [9.17, 15) is 0 Å². The van der Waals surface area contributed by atoms with Gasteiger partial charge in [-0.15, -0.1) is 0 Å². The van der Waals surface area contributed by atoms with E-state index < -0.39 is 0 Å². The Kier molecular flexibility index (Phi) is 3.52. The van der Waals surface area contributed by atoms with Gasteiger partial charge in [-0.05, 0) is 12.1 Å². The molecule has 0 aliphatic carbocycles. The minimum atomic E-state index is 0. The molecule has 0 atom stereocenters. The third-order valence-electron chi connectivity index (χ3n) is 1.78. The molecular weight excluding hydrogens is 240 g/mol. The van der Waals surface area contributed by atoms with Gasteiger partial charge in [-0.3, -0.25) is 0 Å². The number of nitrogen functional groups attached to an aromatic ring is 1. The van der Waals surface area contributed by atoms with Gasteiger partial charge in [0.15, 0.2) is 0 Å². The molecular formula is C9H7BrMgN2. The van der Waals surface area contributed by atoms with Crippen molar-refractivity contribution >= 4 is 55.6 Å². The van der Waals surface area contributed by atoms with E-state index in [0.717, 1.165) is 15.2 Å². The summed E-state index contributed by atoms with van der Waals surface area (Å²) < 4.78 is 1.05. The molecule has 4 heteroatoms. The summed E-state index contributed by atoms with van der Waals surface area (Å²) in [4.78, 5) is 4.01. The maximum atomic E-state index is 5.69. The van der Waals surface area contributed by atoms with Crippen molar-refractivity contribution in [3.8, 4) is 0 Å². The second kappa shape index (κ2) is 4.26. The average Bonchev–Trinajstić information content (AvgIpc) is 2.07. The van der Waals surface area contributed by atoms with Gasteiger partial charge in [-0.25, -0.2) is 4.98 Å². The summed E-state index contributed by atoms with van der Waals surface area (Å²) in [5.74, 6) is 0.578. The highest BCUT2D eigenvalue weighted by Gasteiger charge is 1.99. The van der Waals surface area contributed by atoms with E-state index in [1.807, 2.05) is 24.3 Å². The number of fused-ring (bicyclic) bond motifs is 1. The number of benzene rings is 1. The third kappa shape index (κ3) is 1.95. The molecule has 1 heterocycles. The summed E-state index contributed by atoms with van der Waals surface area (Å²) in [5, 5.41) is 2.09. The van der Waals surface area contributed by atoms with Crippen LogP contribution in [0.25, 0.3) is 10.8 Å². The first-order valence-electron chi connectivity index (χ1n) is 3.58. The zero-order valence-electron chi connectivity index (χ0n) is 7.00. The lowest BCUT2D eigenvalue weighted by Gasteiger charge is -2.01. The van der Waals surface area contributed by atoms with Crippen molar-refractivity contribution in [1.29, 1.82) is 0 Å². The zero-order valence-corrected chi connectivity index (χ0v) is 10.00. The number of pyridine rings is 1. The summed E-state index contributed by atoms with van der Waals surface area (Å²) >= 11 is 3.45. The van der Waals surface area contributed by atoms with Gasteiger partial charge in [0.1, 0.15) is 5.82 Å². The predicted octanol–water partition coefficient (Wildman–Crippen LogP) is 2.20. The Labute approximate surface area is 101 Å². The van der Waals surface area contributed by atoms with E-state index >= 15 is 0 Å². The second-order valence-corrected chi connectivity index (χ2v) is 3.39. The fourth-order valence-corrected chi connectivity index (χ4v) is 1.69. The van der Waals surface area contributed by atoms with Crippen LogP contribution in [0.1, 0.15) is 0 Å². The Bertz CT molecular complexity index is 390. The fourth-order valence-electron chi connectivity index (χ4n) is 1.19.